The molecular formula is C8H17ClN2O. The molecule has 1 aliphatic rings. The molecule has 1 amide bonds. The van der Waals surface area contributed by atoms with Gasteiger partial charge in [0.1, 0.15) is 0 Å². The monoisotopic (exact) mass is 192 g/mol. The zero-order chi connectivity index (χ0) is 8.10. The average Bonchev–Trinajstić information content (AvgIpc) is 2.52. The van der Waals surface area contributed by atoms with Gasteiger partial charge in [0.25, 0.3) is 0 Å². The van der Waals surface area contributed by atoms with E-state index < -0.39 is 0 Å². The van der Waals surface area contributed by atoms with E-state index in [1.54, 1.807) is 0 Å². The molecule has 0 radical (unpaired) electrons. The maximum atomic E-state index is 10.8. The number of hydrogen-bond donors (Lipinski definition) is 2. The SMILES string of the molecule is CCC(=O)NCC1CCNC1.Cl. The fourth-order valence-corrected chi connectivity index (χ4v) is 1.27. The van der Waals surface area contributed by atoms with Crippen molar-refractivity contribution in [3.05, 3.63) is 0 Å². The lowest BCUT2D eigenvalue weighted by molar-refractivity contribution is -0.120. The van der Waals surface area contributed by atoms with Crippen LogP contribution in [0.25, 0.3) is 0 Å². The molecule has 1 aliphatic heterocycles. The smallest absolute Gasteiger partial charge is 0.219 e. The Labute approximate surface area is 79.7 Å². The lowest BCUT2D eigenvalue weighted by atomic mass is 10.1. The lowest BCUT2D eigenvalue weighted by Crippen LogP contribution is -2.29. The summed E-state index contributed by atoms with van der Waals surface area (Å²) in [6.07, 6.45) is 1.80. The Bertz CT molecular complexity index is 135. The normalized spacial score (nSPS) is 21.6. The molecule has 3 nitrogen and oxygen atoms in total. The zero-order valence-corrected chi connectivity index (χ0v) is 8.25. The standard InChI is InChI=1S/C8H16N2O.ClH/c1-2-8(11)10-6-7-3-4-9-5-7;/h7,9H,2-6H2,1H3,(H,10,11);1H. The van der Waals surface area contributed by atoms with Crippen LogP contribution in [0.1, 0.15) is 19.8 Å². The summed E-state index contributed by atoms with van der Waals surface area (Å²) < 4.78 is 0. The van der Waals surface area contributed by atoms with Crippen molar-refractivity contribution in [1.82, 2.24) is 10.6 Å². The van der Waals surface area contributed by atoms with E-state index in [-0.39, 0.29) is 18.3 Å². The molecule has 0 aliphatic carbocycles. The molecule has 1 unspecified atom stereocenters. The molecule has 0 saturated carbocycles. The van der Waals surface area contributed by atoms with Gasteiger partial charge >= 0.3 is 0 Å². The lowest BCUT2D eigenvalue weighted by Gasteiger charge is -2.08. The van der Waals surface area contributed by atoms with E-state index in [0.29, 0.717) is 12.3 Å². The Hall–Kier alpha value is -0.280. The Morgan fingerprint density at radius 3 is 2.92 bits per heavy atom. The Kier molecular flexibility index (Phi) is 6.11. The number of nitrogens with one attached hydrogen (secondary N) is 2. The van der Waals surface area contributed by atoms with Gasteiger partial charge in [-0.15, -0.1) is 12.4 Å². The summed E-state index contributed by atoms with van der Waals surface area (Å²) in [5.74, 6) is 0.822. The summed E-state index contributed by atoms with van der Waals surface area (Å²) in [6.45, 7) is 4.89. The Morgan fingerprint density at radius 1 is 1.67 bits per heavy atom. The second-order valence-electron chi connectivity index (χ2n) is 3.02. The summed E-state index contributed by atoms with van der Waals surface area (Å²) in [4.78, 5) is 10.8. The minimum absolute atomic E-state index is 0. The predicted molar refractivity (Wildman–Crippen MR) is 51.5 cm³/mol. The first-order chi connectivity index (χ1) is 5.33. The number of amides is 1. The third kappa shape index (κ3) is 3.93. The van der Waals surface area contributed by atoms with Crippen molar-refractivity contribution < 1.29 is 4.79 Å². The van der Waals surface area contributed by atoms with Crippen LogP contribution in [0.2, 0.25) is 0 Å². The summed E-state index contributed by atoms with van der Waals surface area (Å²) in [5, 5.41) is 6.16. The number of rotatable bonds is 3. The molecule has 1 saturated heterocycles. The van der Waals surface area contributed by atoms with E-state index >= 15 is 0 Å². The molecule has 0 bridgehead atoms. The number of carbonyl (C=O) groups excluding carboxylic acids is 1. The first-order valence-electron chi connectivity index (χ1n) is 4.30. The van der Waals surface area contributed by atoms with Gasteiger partial charge in [-0.05, 0) is 25.4 Å². The van der Waals surface area contributed by atoms with Crippen molar-refractivity contribution in [3.8, 4) is 0 Å². The molecule has 72 valence electrons. The predicted octanol–water partition coefficient (Wildman–Crippen LogP) is 0.544. The fourth-order valence-electron chi connectivity index (χ4n) is 1.27. The van der Waals surface area contributed by atoms with Gasteiger partial charge in [0, 0.05) is 13.0 Å². The summed E-state index contributed by atoms with van der Waals surface area (Å²) in [6, 6.07) is 0. The summed E-state index contributed by atoms with van der Waals surface area (Å²) in [5.41, 5.74) is 0. The van der Waals surface area contributed by atoms with Gasteiger partial charge in [0.05, 0.1) is 0 Å². The molecule has 0 spiro atoms. The summed E-state index contributed by atoms with van der Waals surface area (Å²) in [7, 11) is 0. The molecule has 2 N–H and O–H groups in total. The third-order valence-electron chi connectivity index (χ3n) is 2.07. The van der Waals surface area contributed by atoms with Crippen molar-refractivity contribution in [2.75, 3.05) is 19.6 Å². The maximum absolute atomic E-state index is 10.8. The molecule has 1 rings (SSSR count). The molecule has 1 fully saturated rings. The van der Waals surface area contributed by atoms with Gasteiger partial charge in [-0.2, -0.15) is 0 Å². The molecule has 0 aromatic carbocycles. The molecule has 12 heavy (non-hydrogen) atoms. The van der Waals surface area contributed by atoms with Crippen LogP contribution < -0.4 is 10.6 Å². The van der Waals surface area contributed by atoms with E-state index in [4.69, 9.17) is 0 Å². The van der Waals surface area contributed by atoms with E-state index in [0.717, 1.165) is 19.6 Å². The van der Waals surface area contributed by atoms with Crippen LogP contribution >= 0.6 is 12.4 Å². The minimum Gasteiger partial charge on any atom is -0.356 e. The van der Waals surface area contributed by atoms with Crippen LogP contribution in [0.3, 0.4) is 0 Å². The van der Waals surface area contributed by atoms with Crippen LogP contribution in [0, 0.1) is 5.92 Å². The highest BCUT2D eigenvalue weighted by atomic mass is 35.5. The van der Waals surface area contributed by atoms with Crippen LogP contribution in [0.4, 0.5) is 0 Å². The van der Waals surface area contributed by atoms with E-state index in [1.165, 1.54) is 6.42 Å². The zero-order valence-electron chi connectivity index (χ0n) is 7.43. The van der Waals surface area contributed by atoms with Gasteiger partial charge in [-0.3, -0.25) is 4.79 Å². The fraction of sp³-hybridized carbons (Fsp3) is 0.875. The molecule has 4 heteroatoms. The Morgan fingerprint density at radius 2 is 2.42 bits per heavy atom. The van der Waals surface area contributed by atoms with E-state index in [2.05, 4.69) is 10.6 Å². The quantitative estimate of drug-likeness (QED) is 0.686. The van der Waals surface area contributed by atoms with Crippen molar-refractivity contribution >= 4 is 18.3 Å². The van der Waals surface area contributed by atoms with Gasteiger partial charge in [-0.25, -0.2) is 0 Å². The van der Waals surface area contributed by atoms with E-state index in [1.807, 2.05) is 6.92 Å². The van der Waals surface area contributed by atoms with Crippen molar-refractivity contribution in [2.24, 2.45) is 5.92 Å². The number of hydrogen-bond acceptors (Lipinski definition) is 2. The average molecular weight is 193 g/mol. The van der Waals surface area contributed by atoms with Crippen molar-refractivity contribution in [3.63, 3.8) is 0 Å². The van der Waals surface area contributed by atoms with Crippen LogP contribution in [-0.2, 0) is 4.79 Å². The van der Waals surface area contributed by atoms with Gasteiger partial charge in [0.15, 0.2) is 0 Å². The number of halogens is 1. The molecule has 0 aromatic rings. The molecule has 0 aromatic heterocycles. The van der Waals surface area contributed by atoms with Gasteiger partial charge in [-0.1, -0.05) is 6.92 Å². The minimum atomic E-state index is 0. The highest BCUT2D eigenvalue weighted by Crippen LogP contribution is 2.04. The van der Waals surface area contributed by atoms with Crippen molar-refractivity contribution in [1.29, 1.82) is 0 Å². The van der Waals surface area contributed by atoms with Crippen LogP contribution in [0.5, 0.6) is 0 Å². The summed E-state index contributed by atoms with van der Waals surface area (Å²) >= 11 is 0. The van der Waals surface area contributed by atoms with Crippen LogP contribution in [-0.4, -0.2) is 25.5 Å². The van der Waals surface area contributed by atoms with E-state index in [9.17, 15) is 4.79 Å². The maximum Gasteiger partial charge on any atom is 0.219 e. The Balaban J connectivity index is 0.00000121. The topological polar surface area (TPSA) is 41.1 Å². The highest BCUT2D eigenvalue weighted by Gasteiger charge is 2.14. The molecule has 1 atom stereocenters. The largest absolute Gasteiger partial charge is 0.356 e. The van der Waals surface area contributed by atoms with Crippen LogP contribution in [0.15, 0.2) is 0 Å². The highest BCUT2D eigenvalue weighted by molar-refractivity contribution is 5.85. The van der Waals surface area contributed by atoms with Gasteiger partial charge < -0.3 is 10.6 Å². The first-order valence-corrected chi connectivity index (χ1v) is 4.30. The molecular weight excluding hydrogens is 176 g/mol. The number of carbonyl (C=O) groups is 1. The second kappa shape index (κ2) is 6.26. The second-order valence-corrected chi connectivity index (χ2v) is 3.02. The third-order valence-corrected chi connectivity index (χ3v) is 2.07. The first kappa shape index (κ1) is 11.7. The van der Waals surface area contributed by atoms with Gasteiger partial charge in [0.2, 0.25) is 5.91 Å². The van der Waals surface area contributed by atoms with Crippen molar-refractivity contribution in [2.45, 2.75) is 19.8 Å². The molecule has 1 heterocycles.